The summed E-state index contributed by atoms with van der Waals surface area (Å²) >= 11 is 0. The average molecular weight is 135 g/mol. The van der Waals surface area contributed by atoms with E-state index in [2.05, 4.69) is 12.1 Å². The SMILES string of the molecule is N#C[C@H]1O[C@@]12C=CCCC2. The molecule has 1 aliphatic heterocycles. The molecule has 0 amide bonds. The predicted molar refractivity (Wildman–Crippen MR) is 36.2 cm³/mol. The topological polar surface area (TPSA) is 36.3 Å². The van der Waals surface area contributed by atoms with Gasteiger partial charge in [-0.05, 0) is 19.3 Å². The van der Waals surface area contributed by atoms with E-state index in [1.807, 2.05) is 6.08 Å². The molecule has 52 valence electrons. The molecule has 1 aliphatic carbocycles. The molecule has 0 aromatic heterocycles. The summed E-state index contributed by atoms with van der Waals surface area (Å²) in [5.74, 6) is 0. The van der Waals surface area contributed by atoms with Crippen molar-refractivity contribution >= 4 is 0 Å². The number of rotatable bonds is 0. The number of hydrogen-bond acceptors (Lipinski definition) is 2. The molecule has 0 aromatic rings. The number of epoxide rings is 1. The van der Waals surface area contributed by atoms with Crippen LogP contribution in [-0.2, 0) is 4.74 Å². The number of allylic oxidation sites excluding steroid dienone is 1. The molecule has 2 rings (SSSR count). The Morgan fingerprint density at radius 2 is 2.60 bits per heavy atom. The number of hydrogen-bond donors (Lipinski definition) is 0. The smallest absolute Gasteiger partial charge is 0.177 e. The van der Waals surface area contributed by atoms with Crippen LogP contribution < -0.4 is 0 Å². The highest BCUT2D eigenvalue weighted by Crippen LogP contribution is 2.44. The summed E-state index contributed by atoms with van der Waals surface area (Å²) in [5, 5.41) is 8.51. The minimum atomic E-state index is -0.149. The van der Waals surface area contributed by atoms with Gasteiger partial charge in [0.2, 0.25) is 0 Å². The molecule has 2 nitrogen and oxygen atoms in total. The molecule has 2 atom stereocenters. The van der Waals surface area contributed by atoms with Crippen molar-refractivity contribution in [3.8, 4) is 6.07 Å². The Labute approximate surface area is 60.1 Å². The van der Waals surface area contributed by atoms with Gasteiger partial charge in [0.15, 0.2) is 6.10 Å². The summed E-state index contributed by atoms with van der Waals surface area (Å²) in [4.78, 5) is 0. The molecule has 0 radical (unpaired) electrons. The van der Waals surface area contributed by atoms with Crippen LogP contribution >= 0.6 is 0 Å². The average Bonchev–Trinajstić information content (AvgIpc) is 2.65. The first kappa shape index (κ1) is 5.94. The van der Waals surface area contributed by atoms with E-state index < -0.39 is 0 Å². The lowest BCUT2D eigenvalue weighted by Crippen LogP contribution is -2.13. The first-order valence-electron chi connectivity index (χ1n) is 3.62. The van der Waals surface area contributed by atoms with Gasteiger partial charge in [0, 0.05) is 0 Å². The van der Waals surface area contributed by atoms with Crippen LogP contribution in [0.25, 0.3) is 0 Å². The molecule has 0 aromatic carbocycles. The molecule has 2 heteroatoms. The third kappa shape index (κ3) is 0.676. The summed E-state index contributed by atoms with van der Waals surface area (Å²) in [6.45, 7) is 0. The molecule has 10 heavy (non-hydrogen) atoms. The monoisotopic (exact) mass is 135 g/mol. The van der Waals surface area contributed by atoms with E-state index in [0.29, 0.717) is 0 Å². The van der Waals surface area contributed by atoms with Crippen LogP contribution in [0.1, 0.15) is 19.3 Å². The lowest BCUT2D eigenvalue weighted by atomic mass is 9.93. The third-order valence-corrected chi connectivity index (χ3v) is 2.18. The Morgan fingerprint density at radius 3 is 3.10 bits per heavy atom. The number of nitriles is 1. The van der Waals surface area contributed by atoms with Gasteiger partial charge in [-0.2, -0.15) is 5.26 Å². The first-order valence-corrected chi connectivity index (χ1v) is 3.62. The largest absolute Gasteiger partial charge is 0.345 e. The maximum Gasteiger partial charge on any atom is 0.177 e. The summed E-state index contributed by atoms with van der Waals surface area (Å²) < 4.78 is 5.25. The van der Waals surface area contributed by atoms with Gasteiger partial charge in [0.1, 0.15) is 5.60 Å². The van der Waals surface area contributed by atoms with Gasteiger partial charge in [-0.1, -0.05) is 12.2 Å². The van der Waals surface area contributed by atoms with Crippen molar-refractivity contribution in [3.63, 3.8) is 0 Å². The van der Waals surface area contributed by atoms with E-state index in [4.69, 9.17) is 10.00 Å². The minimum absolute atomic E-state index is 0.146. The fourth-order valence-electron chi connectivity index (χ4n) is 1.50. The maximum atomic E-state index is 8.51. The number of ether oxygens (including phenoxy) is 1. The van der Waals surface area contributed by atoms with Crippen molar-refractivity contribution in [2.45, 2.75) is 31.0 Å². The van der Waals surface area contributed by atoms with Crippen molar-refractivity contribution in [1.29, 1.82) is 5.26 Å². The van der Waals surface area contributed by atoms with Crippen LogP contribution in [0.2, 0.25) is 0 Å². The van der Waals surface area contributed by atoms with Crippen LogP contribution in [0.15, 0.2) is 12.2 Å². The lowest BCUT2D eigenvalue weighted by Gasteiger charge is -2.09. The van der Waals surface area contributed by atoms with Gasteiger partial charge in [0.05, 0.1) is 6.07 Å². The van der Waals surface area contributed by atoms with Gasteiger partial charge >= 0.3 is 0 Å². The van der Waals surface area contributed by atoms with Gasteiger partial charge < -0.3 is 4.74 Å². The van der Waals surface area contributed by atoms with Crippen LogP contribution in [-0.4, -0.2) is 11.7 Å². The van der Waals surface area contributed by atoms with Crippen molar-refractivity contribution in [2.24, 2.45) is 0 Å². The quantitative estimate of drug-likeness (QED) is 0.371. The van der Waals surface area contributed by atoms with Gasteiger partial charge in [0.25, 0.3) is 0 Å². The van der Waals surface area contributed by atoms with E-state index in [1.54, 1.807) is 0 Å². The lowest BCUT2D eigenvalue weighted by molar-refractivity contribution is 0.318. The molecule has 1 heterocycles. The third-order valence-electron chi connectivity index (χ3n) is 2.18. The molecule has 0 N–H and O–H groups in total. The highest BCUT2D eigenvalue weighted by molar-refractivity contribution is 5.25. The van der Waals surface area contributed by atoms with E-state index in [-0.39, 0.29) is 11.7 Å². The van der Waals surface area contributed by atoms with Gasteiger partial charge in [-0.3, -0.25) is 0 Å². The van der Waals surface area contributed by atoms with Crippen molar-refractivity contribution in [1.82, 2.24) is 0 Å². The fourth-order valence-corrected chi connectivity index (χ4v) is 1.50. The second-order valence-corrected chi connectivity index (χ2v) is 2.88. The molecule has 2 aliphatic rings. The zero-order chi connectivity index (χ0) is 7.03. The van der Waals surface area contributed by atoms with E-state index in [9.17, 15) is 0 Å². The molecule has 1 spiro atoms. The van der Waals surface area contributed by atoms with Crippen LogP contribution in [0, 0.1) is 11.3 Å². The summed E-state index contributed by atoms with van der Waals surface area (Å²) in [6.07, 6.45) is 7.34. The molecule has 0 saturated carbocycles. The Bertz CT molecular complexity index is 216. The first-order chi connectivity index (χ1) is 4.87. The zero-order valence-corrected chi connectivity index (χ0v) is 5.71. The van der Waals surface area contributed by atoms with Crippen LogP contribution in [0.5, 0.6) is 0 Å². The molecule has 1 fully saturated rings. The Hall–Kier alpha value is -0.810. The standard InChI is InChI=1S/C8H9NO/c9-6-7-8(10-7)4-2-1-3-5-8/h2,4,7H,1,3,5H2/t7-,8-/m1/s1. The molecular weight excluding hydrogens is 126 g/mol. The Morgan fingerprint density at radius 1 is 1.70 bits per heavy atom. The molecular formula is C8H9NO. The molecule has 0 unspecified atom stereocenters. The number of nitrogens with zero attached hydrogens (tertiary/aromatic N) is 1. The summed E-state index contributed by atoms with van der Waals surface area (Å²) in [7, 11) is 0. The predicted octanol–water partition coefficient (Wildman–Crippen LogP) is 1.39. The second kappa shape index (κ2) is 1.83. The highest BCUT2D eigenvalue weighted by Gasteiger charge is 2.55. The van der Waals surface area contributed by atoms with E-state index in [0.717, 1.165) is 19.3 Å². The highest BCUT2D eigenvalue weighted by atomic mass is 16.6. The van der Waals surface area contributed by atoms with Crippen molar-refractivity contribution < 1.29 is 4.74 Å². The molecule has 0 bridgehead atoms. The van der Waals surface area contributed by atoms with E-state index >= 15 is 0 Å². The Kier molecular flexibility index (Phi) is 1.09. The summed E-state index contributed by atoms with van der Waals surface area (Å²) in [5.41, 5.74) is -0.146. The maximum absolute atomic E-state index is 8.51. The van der Waals surface area contributed by atoms with Crippen LogP contribution in [0.3, 0.4) is 0 Å². The van der Waals surface area contributed by atoms with E-state index in [1.165, 1.54) is 0 Å². The van der Waals surface area contributed by atoms with Crippen molar-refractivity contribution in [3.05, 3.63) is 12.2 Å². The van der Waals surface area contributed by atoms with Crippen molar-refractivity contribution in [2.75, 3.05) is 0 Å². The molecule has 1 saturated heterocycles. The van der Waals surface area contributed by atoms with Gasteiger partial charge in [-0.15, -0.1) is 0 Å². The van der Waals surface area contributed by atoms with Gasteiger partial charge in [-0.25, -0.2) is 0 Å². The fraction of sp³-hybridized carbons (Fsp3) is 0.625. The minimum Gasteiger partial charge on any atom is -0.345 e. The van der Waals surface area contributed by atoms with Crippen LogP contribution in [0.4, 0.5) is 0 Å². The normalized spacial score (nSPS) is 43.3. The Balaban J connectivity index is 2.13. The zero-order valence-electron chi connectivity index (χ0n) is 5.71. The summed E-state index contributed by atoms with van der Waals surface area (Å²) in [6, 6.07) is 2.13. The second-order valence-electron chi connectivity index (χ2n) is 2.88.